The van der Waals surface area contributed by atoms with Crippen LogP contribution in [0.4, 0.5) is 0 Å². The van der Waals surface area contributed by atoms with Crippen LogP contribution < -0.4 is 5.32 Å². The summed E-state index contributed by atoms with van der Waals surface area (Å²) in [4.78, 5) is 16.3. The monoisotopic (exact) mass is 623 g/mol. The summed E-state index contributed by atoms with van der Waals surface area (Å²) in [5.74, 6) is 1.51. The summed E-state index contributed by atoms with van der Waals surface area (Å²) in [7, 11) is 0. The predicted octanol–water partition coefficient (Wildman–Crippen LogP) is 9.71. The van der Waals surface area contributed by atoms with E-state index in [4.69, 9.17) is 15.0 Å². The van der Waals surface area contributed by atoms with Crippen molar-refractivity contribution in [3.63, 3.8) is 0 Å². The van der Waals surface area contributed by atoms with Gasteiger partial charge in [0, 0.05) is 27.4 Å². The van der Waals surface area contributed by atoms with Crippen molar-refractivity contribution in [1.82, 2.24) is 14.7 Å². The van der Waals surface area contributed by atoms with Crippen molar-refractivity contribution in [2.24, 2.45) is 9.98 Å². The summed E-state index contributed by atoms with van der Waals surface area (Å²) in [5, 5.41) is 4.86. The Labute approximate surface area is 276 Å². The number of amidine groups is 2. The lowest BCUT2D eigenvalue weighted by Gasteiger charge is -2.33. The van der Waals surface area contributed by atoms with Crippen LogP contribution in [0.5, 0.6) is 0 Å². The van der Waals surface area contributed by atoms with Crippen LogP contribution in [0, 0.1) is 0 Å². The minimum absolute atomic E-state index is 0.667. The number of aliphatic imine (C=N–C) groups is 2. The molecule has 0 spiro atoms. The normalized spacial score (nSPS) is 16.3. The summed E-state index contributed by atoms with van der Waals surface area (Å²) in [6, 6.07) is 50.8. The molecule has 4 heterocycles. The number of nitrogens with zero attached hydrogens (tertiary/aromatic N) is 4. The van der Waals surface area contributed by atoms with E-state index in [1.807, 2.05) is 42.5 Å². The van der Waals surface area contributed by atoms with Crippen LogP contribution in [-0.2, 0) is 5.66 Å². The molecule has 1 N–H and O–H groups in total. The van der Waals surface area contributed by atoms with Gasteiger partial charge >= 0.3 is 0 Å². The third-order valence-corrected chi connectivity index (χ3v) is 10.1. The molecule has 0 saturated carbocycles. The van der Waals surface area contributed by atoms with Gasteiger partial charge in [-0.05, 0) is 65.1 Å². The summed E-state index contributed by atoms with van der Waals surface area (Å²) >= 11 is 1.79. The highest BCUT2D eigenvalue weighted by molar-refractivity contribution is 7.25. The standard InChI is InChI=1S/C41H29N5S/c1-41(33-15-6-3-7-16-33)44-38(29-11-4-2-5-12-29)43-39(45-41)32-14-10-13-30(25-32)27-18-20-28(21-19-27)31-22-23-35-34(26-31)37-40(47-35)46-24-9-8-17-36(46)42-37/h2-26H,1H3,(H,43,44,45). The molecule has 0 fully saturated rings. The first-order valence-corrected chi connectivity index (χ1v) is 16.5. The zero-order chi connectivity index (χ0) is 31.4. The van der Waals surface area contributed by atoms with Gasteiger partial charge in [-0.15, -0.1) is 11.3 Å². The first-order valence-electron chi connectivity index (χ1n) is 15.7. The van der Waals surface area contributed by atoms with E-state index in [0.29, 0.717) is 5.84 Å². The van der Waals surface area contributed by atoms with Crippen LogP contribution >= 0.6 is 11.3 Å². The minimum Gasteiger partial charge on any atom is -0.342 e. The van der Waals surface area contributed by atoms with E-state index in [2.05, 4.69) is 126 Å². The van der Waals surface area contributed by atoms with Gasteiger partial charge in [0.2, 0.25) is 0 Å². The SMILES string of the molecule is CC1(c2ccccc2)N=C(c2ccccc2)N=C(c2cccc(-c3ccc(-c4ccc5sc6c(nc7ccccn76)c5c4)cc3)c2)N1. The zero-order valence-electron chi connectivity index (χ0n) is 25.6. The maximum atomic E-state index is 5.11. The molecule has 3 aromatic heterocycles. The molecule has 0 radical (unpaired) electrons. The van der Waals surface area contributed by atoms with Gasteiger partial charge in [-0.2, -0.15) is 0 Å². The summed E-state index contributed by atoms with van der Waals surface area (Å²) in [6.07, 6.45) is 2.09. The highest BCUT2D eigenvalue weighted by Gasteiger charge is 2.32. The third kappa shape index (κ3) is 4.82. The van der Waals surface area contributed by atoms with Crippen LogP contribution in [0.3, 0.4) is 0 Å². The Morgan fingerprint density at radius 1 is 0.617 bits per heavy atom. The first kappa shape index (κ1) is 27.5. The molecule has 8 aromatic rings. The molecule has 47 heavy (non-hydrogen) atoms. The molecule has 1 atom stereocenters. The molecule has 1 aliphatic heterocycles. The topological polar surface area (TPSA) is 54.0 Å². The second kappa shape index (κ2) is 10.9. The lowest BCUT2D eigenvalue weighted by Crippen LogP contribution is -2.46. The van der Waals surface area contributed by atoms with Gasteiger partial charge < -0.3 is 5.32 Å². The van der Waals surface area contributed by atoms with Gasteiger partial charge in [0.15, 0.2) is 11.5 Å². The highest BCUT2D eigenvalue weighted by atomic mass is 32.1. The number of benzene rings is 5. The second-order valence-electron chi connectivity index (χ2n) is 12.0. The van der Waals surface area contributed by atoms with Crippen LogP contribution in [0.1, 0.15) is 23.6 Å². The number of fused-ring (bicyclic) bond motifs is 5. The Morgan fingerprint density at radius 2 is 1.28 bits per heavy atom. The van der Waals surface area contributed by atoms with E-state index in [-0.39, 0.29) is 0 Å². The second-order valence-corrected chi connectivity index (χ2v) is 13.0. The van der Waals surface area contributed by atoms with Crippen molar-refractivity contribution in [2.75, 3.05) is 0 Å². The molecule has 224 valence electrons. The molecule has 1 aliphatic rings. The number of aromatic nitrogens is 2. The van der Waals surface area contributed by atoms with Crippen LogP contribution in [0.2, 0.25) is 0 Å². The van der Waals surface area contributed by atoms with Crippen LogP contribution in [-0.4, -0.2) is 21.1 Å². The molecule has 5 nitrogen and oxygen atoms in total. The van der Waals surface area contributed by atoms with E-state index in [1.165, 1.54) is 26.0 Å². The van der Waals surface area contributed by atoms with Gasteiger partial charge in [0.25, 0.3) is 0 Å². The number of rotatable bonds is 5. The quantitative estimate of drug-likeness (QED) is 0.208. The molecular formula is C41H29N5S. The first-order chi connectivity index (χ1) is 23.1. The van der Waals surface area contributed by atoms with Gasteiger partial charge in [0.05, 0.1) is 0 Å². The fourth-order valence-electron chi connectivity index (χ4n) is 6.42. The molecule has 6 heteroatoms. The molecule has 0 aliphatic carbocycles. The Kier molecular flexibility index (Phi) is 6.37. The van der Waals surface area contributed by atoms with Crippen molar-refractivity contribution < 1.29 is 0 Å². The lowest BCUT2D eigenvalue weighted by molar-refractivity contribution is 0.455. The summed E-state index contributed by atoms with van der Waals surface area (Å²) in [6.45, 7) is 2.11. The number of hydrogen-bond donors (Lipinski definition) is 1. The van der Waals surface area contributed by atoms with E-state index in [9.17, 15) is 0 Å². The number of pyridine rings is 1. The maximum Gasteiger partial charge on any atom is 0.159 e. The van der Waals surface area contributed by atoms with Gasteiger partial charge in [-0.3, -0.25) is 4.40 Å². The smallest absolute Gasteiger partial charge is 0.159 e. The average Bonchev–Trinajstić information content (AvgIpc) is 3.68. The van der Waals surface area contributed by atoms with Crippen molar-refractivity contribution >= 4 is 49.1 Å². The van der Waals surface area contributed by atoms with Crippen molar-refractivity contribution in [1.29, 1.82) is 0 Å². The van der Waals surface area contributed by atoms with Crippen molar-refractivity contribution in [3.8, 4) is 22.3 Å². The Morgan fingerprint density at radius 3 is 2.06 bits per heavy atom. The summed E-state index contributed by atoms with van der Waals surface area (Å²) in [5.41, 5.74) is 9.09. The Hall–Kier alpha value is -5.85. The van der Waals surface area contributed by atoms with Gasteiger partial charge in [-0.1, -0.05) is 115 Å². The molecule has 0 amide bonds. The van der Waals surface area contributed by atoms with E-state index in [1.54, 1.807) is 11.3 Å². The van der Waals surface area contributed by atoms with Crippen LogP contribution in [0.15, 0.2) is 162 Å². The zero-order valence-corrected chi connectivity index (χ0v) is 26.4. The number of thiophene rings is 1. The Bertz CT molecular complexity index is 2490. The molecule has 9 rings (SSSR count). The fraction of sp³-hybridized carbons (Fsp3) is 0.0488. The molecule has 0 saturated heterocycles. The largest absolute Gasteiger partial charge is 0.342 e. The van der Waals surface area contributed by atoms with Gasteiger partial charge in [0.1, 0.15) is 21.8 Å². The fourth-order valence-corrected chi connectivity index (χ4v) is 7.53. The van der Waals surface area contributed by atoms with Crippen LogP contribution in [0.25, 0.3) is 48.3 Å². The molecule has 1 unspecified atom stereocenters. The summed E-state index contributed by atoms with van der Waals surface area (Å²) < 4.78 is 3.43. The van der Waals surface area contributed by atoms with E-state index in [0.717, 1.165) is 44.8 Å². The van der Waals surface area contributed by atoms with Gasteiger partial charge in [-0.25, -0.2) is 15.0 Å². The van der Waals surface area contributed by atoms with Crippen molar-refractivity contribution in [3.05, 3.63) is 168 Å². The maximum absolute atomic E-state index is 5.11. The van der Waals surface area contributed by atoms with E-state index < -0.39 is 5.66 Å². The minimum atomic E-state index is -0.667. The molecule has 0 bridgehead atoms. The number of imidazole rings is 1. The lowest BCUT2D eigenvalue weighted by atomic mass is 9.97. The predicted molar refractivity (Wildman–Crippen MR) is 195 cm³/mol. The number of hydrogen-bond acceptors (Lipinski definition) is 5. The average molecular weight is 624 g/mol. The molecule has 5 aromatic carbocycles. The van der Waals surface area contributed by atoms with Crippen molar-refractivity contribution in [2.45, 2.75) is 12.6 Å². The Balaban J connectivity index is 1.05. The third-order valence-electron chi connectivity index (χ3n) is 8.89. The molecular weight excluding hydrogens is 595 g/mol. The number of nitrogens with one attached hydrogen (secondary N) is 1. The highest BCUT2D eigenvalue weighted by Crippen LogP contribution is 2.37. The van der Waals surface area contributed by atoms with E-state index >= 15 is 0 Å².